The molecule has 0 radical (unpaired) electrons. The number of fused-ring (bicyclic) bond motifs is 1. The summed E-state index contributed by atoms with van der Waals surface area (Å²) in [5.41, 5.74) is 1.96. The minimum absolute atomic E-state index is 0.111. The zero-order valence-corrected chi connectivity index (χ0v) is 16.9. The molecule has 0 saturated carbocycles. The normalized spacial score (nSPS) is 16.2. The zero-order chi connectivity index (χ0) is 19.2. The van der Waals surface area contributed by atoms with Crippen LogP contribution in [0.5, 0.6) is 0 Å². The Kier molecular flexibility index (Phi) is 4.84. The first kappa shape index (κ1) is 18.6. The van der Waals surface area contributed by atoms with Crippen LogP contribution in [-0.2, 0) is 10.0 Å². The molecule has 1 fully saturated rings. The Hall–Kier alpha value is -1.74. The van der Waals surface area contributed by atoms with Gasteiger partial charge in [0.25, 0.3) is 0 Å². The molecule has 0 N–H and O–H groups in total. The van der Waals surface area contributed by atoms with E-state index < -0.39 is 15.8 Å². The molecule has 142 valence electrons. The molecule has 2 aromatic carbocycles. The second kappa shape index (κ2) is 7.01. The largest absolute Gasteiger partial charge is 0.345 e. The molecule has 1 aromatic heterocycles. The number of thiazole rings is 1. The minimum atomic E-state index is -3.62. The van der Waals surface area contributed by atoms with Crippen molar-refractivity contribution >= 4 is 48.3 Å². The van der Waals surface area contributed by atoms with Crippen molar-refractivity contribution in [2.24, 2.45) is 0 Å². The summed E-state index contributed by atoms with van der Waals surface area (Å²) < 4.78 is 40.9. The quantitative estimate of drug-likeness (QED) is 0.638. The number of nitrogens with zero attached hydrogens (tertiary/aromatic N) is 3. The summed E-state index contributed by atoms with van der Waals surface area (Å²) in [5.74, 6) is -0.455. The van der Waals surface area contributed by atoms with Gasteiger partial charge in [0.2, 0.25) is 10.0 Å². The third-order valence-corrected chi connectivity index (χ3v) is 8.14. The van der Waals surface area contributed by atoms with E-state index >= 15 is 0 Å². The highest BCUT2D eigenvalue weighted by Crippen LogP contribution is 2.36. The van der Waals surface area contributed by atoms with Gasteiger partial charge >= 0.3 is 0 Å². The number of rotatable bonds is 3. The fraction of sp³-hybridized carbons (Fsp3) is 0.278. The first-order chi connectivity index (χ1) is 12.9. The van der Waals surface area contributed by atoms with Gasteiger partial charge in [-0.15, -0.1) is 0 Å². The predicted octanol–water partition coefficient (Wildman–Crippen LogP) is 3.91. The third-order valence-electron chi connectivity index (χ3n) is 4.65. The number of piperazine rings is 1. The average molecular weight is 426 g/mol. The molecule has 1 aliphatic heterocycles. The summed E-state index contributed by atoms with van der Waals surface area (Å²) in [5, 5.41) is 1.52. The lowest BCUT2D eigenvalue weighted by Gasteiger charge is -2.33. The zero-order valence-electron chi connectivity index (χ0n) is 14.5. The van der Waals surface area contributed by atoms with Crippen molar-refractivity contribution in [2.75, 3.05) is 31.1 Å². The maximum atomic E-state index is 13.1. The van der Waals surface area contributed by atoms with Gasteiger partial charge in [0.05, 0.1) is 20.1 Å². The number of sulfonamides is 1. The van der Waals surface area contributed by atoms with Crippen LogP contribution >= 0.6 is 22.9 Å². The lowest BCUT2D eigenvalue weighted by molar-refractivity contribution is 0.385. The molecule has 0 bridgehead atoms. The van der Waals surface area contributed by atoms with Crippen molar-refractivity contribution in [3.05, 3.63) is 52.8 Å². The standard InChI is InChI=1S/C18H17ClFN3O2S2/c1-12-2-7-15(19)17-16(12)21-18(26-17)22-8-10-23(11-9-22)27(24,25)14-5-3-13(20)4-6-14/h2-7H,8-11H2,1H3. The molecule has 9 heteroatoms. The number of hydrogen-bond acceptors (Lipinski definition) is 5. The second-order valence-corrected chi connectivity index (χ2v) is 9.71. The first-order valence-corrected chi connectivity index (χ1v) is 11.1. The molecule has 27 heavy (non-hydrogen) atoms. The Balaban J connectivity index is 1.53. The highest BCUT2D eigenvalue weighted by molar-refractivity contribution is 7.89. The van der Waals surface area contributed by atoms with Crippen LogP contribution in [-0.4, -0.2) is 43.9 Å². The van der Waals surface area contributed by atoms with Gasteiger partial charge in [-0.1, -0.05) is 29.0 Å². The van der Waals surface area contributed by atoms with E-state index in [0.717, 1.165) is 33.0 Å². The van der Waals surface area contributed by atoms with Gasteiger partial charge in [0, 0.05) is 26.2 Å². The monoisotopic (exact) mass is 425 g/mol. The number of aromatic nitrogens is 1. The van der Waals surface area contributed by atoms with Crippen molar-refractivity contribution in [3.8, 4) is 0 Å². The molecular formula is C18H17ClFN3O2S2. The van der Waals surface area contributed by atoms with Gasteiger partial charge in [0.15, 0.2) is 5.13 Å². The van der Waals surface area contributed by atoms with Crippen LogP contribution < -0.4 is 4.90 Å². The molecule has 0 amide bonds. The number of anilines is 1. The van der Waals surface area contributed by atoms with E-state index in [9.17, 15) is 12.8 Å². The molecule has 0 aliphatic carbocycles. The van der Waals surface area contributed by atoms with Crippen molar-refractivity contribution in [2.45, 2.75) is 11.8 Å². The van der Waals surface area contributed by atoms with Crippen molar-refractivity contribution in [1.29, 1.82) is 0 Å². The Bertz CT molecular complexity index is 1050. The summed E-state index contributed by atoms with van der Waals surface area (Å²) in [6, 6.07) is 8.74. The molecule has 0 unspecified atom stereocenters. The van der Waals surface area contributed by atoms with Crippen molar-refractivity contribution in [1.82, 2.24) is 9.29 Å². The molecular weight excluding hydrogens is 409 g/mol. The fourth-order valence-electron chi connectivity index (χ4n) is 3.10. The Morgan fingerprint density at radius 3 is 2.37 bits per heavy atom. The van der Waals surface area contributed by atoms with Crippen LogP contribution in [0, 0.1) is 12.7 Å². The summed E-state index contributed by atoms with van der Waals surface area (Å²) in [7, 11) is -3.62. The highest BCUT2D eigenvalue weighted by atomic mass is 35.5. The van der Waals surface area contributed by atoms with Crippen LogP contribution in [0.2, 0.25) is 5.02 Å². The summed E-state index contributed by atoms with van der Waals surface area (Å²) >= 11 is 7.81. The lowest BCUT2D eigenvalue weighted by Crippen LogP contribution is -2.48. The second-order valence-electron chi connectivity index (χ2n) is 6.38. The topological polar surface area (TPSA) is 53.5 Å². The van der Waals surface area contributed by atoms with Crippen LogP contribution in [0.3, 0.4) is 0 Å². The highest BCUT2D eigenvalue weighted by Gasteiger charge is 2.29. The molecule has 4 rings (SSSR count). The van der Waals surface area contributed by atoms with Gasteiger partial charge in [-0.05, 0) is 42.8 Å². The molecule has 3 aromatic rings. The lowest BCUT2D eigenvalue weighted by atomic mass is 10.2. The SMILES string of the molecule is Cc1ccc(Cl)c2sc(N3CCN(S(=O)(=O)c4ccc(F)cc4)CC3)nc12. The first-order valence-electron chi connectivity index (χ1n) is 8.42. The maximum Gasteiger partial charge on any atom is 0.243 e. The van der Waals surface area contributed by atoms with E-state index in [0.29, 0.717) is 31.2 Å². The number of halogens is 2. The minimum Gasteiger partial charge on any atom is -0.345 e. The number of hydrogen-bond donors (Lipinski definition) is 0. The van der Waals surface area contributed by atoms with Gasteiger partial charge < -0.3 is 4.90 Å². The summed E-state index contributed by atoms with van der Waals surface area (Å²) in [6.07, 6.45) is 0. The van der Waals surface area contributed by atoms with Crippen molar-refractivity contribution < 1.29 is 12.8 Å². The predicted molar refractivity (Wildman–Crippen MR) is 107 cm³/mol. The summed E-state index contributed by atoms with van der Waals surface area (Å²) in [6.45, 7) is 3.77. The number of benzene rings is 2. The van der Waals surface area contributed by atoms with Crippen LogP contribution in [0.4, 0.5) is 9.52 Å². The van der Waals surface area contributed by atoms with E-state index in [4.69, 9.17) is 16.6 Å². The average Bonchev–Trinajstić information content (AvgIpc) is 3.12. The fourth-order valence-corrected chi connectivity index (χ4v) is 5.89. The van der Waals surface area contributed by atoms with E-state index in [1.54, 1.807) is 0 Å². The Labute approximate surface area is 166 Å². The molecule has 2 heterocycles. The van der Waals surface area contributed by atoms with Crippen molar-refractivity contribution in [3.63, 3.8) is 0 Å². The van der Waals surface area contributed by atoms with Crippen LogP contribution in [0.1, 0.15) is 5.56 Å². The smallest absolute Gasteiger partial charge is 0.243 e. The molecule has 0 atom stereocenters. The maximum absolute atomic E-state index is 13.1. The van der Waals surface area contributed by atoms with Gasteiger partial charge in [-0.25, -0.2) is 17.8 Å². The molecule has 0 spiro atoms. The summed E-state index contributed by atoms with van der Waals surface area (Å²) in [4.78, 5) is 6.89. The van der Waals surface area contributed by atoms with Gasteiger partial charge in [-0.3, -0.25) is 0 Å². The molecule has 5 nitrogen and oxygen atoms in total. The molecule has 1 saturated heterocycles. The van der Waals surface area contributed by atoms with Gasteiger partial charge in [-0.2, -0.15) is 4.31 Å². The Morgan fingerprint density at radius 1 is 1.07 bits per heavy atom. The van der Waals surface area contributed by atoms with Crippen LogP contribution in [0.25, 0.3) is 10.2 Å². The van der Waals surface area contributed by atoms with E-state index in [-0.39, 0.29) is 4.90 Å². The van der Waals surface area contributed by atoms with Gasteiger partial charge in [0.1, 0.15) is 5.82 Å². The van der Waals surface area contributed by atoms with E-state index in [2.05, 4.69) is 4.90 Å². The molecule has 1 aliphatic rings. The van der Waals surface area contributed by atoms with Crippen LogP contribution in [0.15, 0.2) is 41.3 Å². The van der Waals surface area contributed by atoms with E-state index in [1.165, 1.54) is 27.8 Å². The number of aryl methyl sites for hydroxylation is 1. The Morgan fingerprint density at radius 2 is 1.74 bits per heavy atom. The van der Waals surface area contributed by atoms with E-state index in [1.807, 2.05) is 19.1 Å². The third kappa shape index (κ3) is 3.42.